The average molecular weight is 222 g/mol. The first kappa shape index (κ1) is 12.5. The zero-order valence-electron chi connectivity index (χ0n) is 11.8. The third kappa shape index (κ3) is 1.64. The summed E-state index contributed by atoms with van der Waals surface area (Å²) in [4.78, 5) is 0. The summed E-state index contributed by atoms with van der Waals surface area (Å²) >= 11 is 0. The zero-order chi connectivity index (χ0) is 11.8. The minimum Gasteiger partial charge on any atom is -0.0654 e. The molecule has 0 amide bonds. The molecule has 3 aliphatic rings. The lowest BCUT2D eigenvalue weighted by Crippen LogP contribution is -2.41. The van der Waals surface area contributed by atoms with Crippen LogP contribution in [0.2, 0.25) is 0 Å². The summed E-state index contributed by atoms with van der Waals surface area (Å²) < 4.78 is 0. The van der Waals surface area contributed by atoms with Gasteiger partial charge in [0.05, 0.1) is 0 Å². The number of hydrogen-bond acceptors (Lipinski definition) is 0. The maximum Gasteiger partial charge on any atom is -0.0235 e. The van der Waals surface area contributed by atoms with Crippen molar-refractivity contribution in [1.82, 2.24) is 0 Å². The number of hydrogen-bond donors (Lipinski definition) is 0. The molecular formula is C16H30. The standard InChI is InChI=1S/C16H30/c1-5-7-9-15-12(3)14-11-16(15,13(14)4)10-8-6-2/h12-15H,5-11H2,1-4H3. The van der Waals surface area contributed by atoms with E-state index in [4.69, 9.17) is 0 Å². The fraction of sp³-hybridized carbons (Fsp3) is 1.00. The SMILES string of the molecule is CCCCC1C(C)C2CC1(CCCC)C2C. The molecule has 94 valence electrons. The van der Waals surface area contributed by atoms with E-state index in [0.717, 1.165) is 29.1 Å². The van der Waals surface area contributed by atoms with Crippen LogP contribution in [0.15, 0.2) is 0 Å². The van der Waals surface area contributed by atoms with Crippen molar-refractivity contribution in [2.75, 3.05) is 0 Å². The van der Waals surface area contributed by atoms with Crippen LogP contribution in [0.5, 0.6) is 0 Å². The van der Waals surface area contributed by atoms with E-state index < -0.39 is 0 Å². The van der Waals surface area contributed by atoms with E-state index >= 15 is 0 Å². The molecule has 16 heavy (non-hydrogen) atoms. The van der Waals surface area contributed by atoms with Gasteiger partial charge in [0, 0.05) is 0 Å². The van der Waals surface area contributed by atoms with Crippen LogP contribution in [0, 0.1) is 29.1 Å². The molecule has 0 aromatic carbocycles. The Morgan fingerprint density at radius 2 is 1.75 bits per heavy atom. The third-order valence-corrected chi connectivity index (χ3v) is 6.08. The van der Waals surface area contributed by atoms with Gasteiger partial charge in [-0.1, -0.05) is 53.4 Å². The van der Waals surface area contributed by atoms with Crippen LogP contribution < -0.4 is 0 Å². The molecule has 0 saturated heterocycles. The van der Waals surface area contributed by atoms with Crippen molar-refractivity contribution in [3.8, 4) is 0 Å². The van der Waals surface area contributed by atoms with Crippen LogP contribution in [0.25, 0.3) is 0 Å². The van der Waals surface area contributed by atoms with Gasteiger partial charge in [-0.3, -0.25) is 0 Å². The average Bonchev–Trinajstić information content (AvgIpc) is 2.67. The molecule has 3 aliphatic carbocycles. The van der Waals surface area contributed by atoms with Gasteiger partial charge >= 0.3 is 0 Å². The Hall–Kier alpha value is 0. The monoisotopic (exact) mass is 222 g/mol. The molecule has 3 rings (SSSR count). The van der Waals surface area contributed by atoms with Gasteiger partial charge in [-0.2, -0.15) is 0 Å². The molecule has 0 aromatic heterocycles. The minimum absolute atomic E-state index is 0.787. The van der Waals surface area contributed by atoms with E-state index in [1.807, 2.05) is 0 Å². The Bertz CT molecular complexity index is 228. The Balaban J connectivity index is 2.03. The van der Waals surface area contributed by atoms with E-state index in [9.17, 15) is 0 Å². The molecule has 0 spiro atoms. The van der Waals surface area contributed by atoms with Crippen molar-refractivity contribution in [2.24, 2.45) is 29.1 Å². The Kier molecular flexibility index (Phi) is 3.66. The summed E-state index contributed by atoms with van der Waals surface area (Å²) in [7, 11) is 0. The number of fused-ring (bicyclic) bond motifs is 1. The van der Waals surface area contributed by atoms with Crippen LogP contribution in [-0.4, -0.2) is 0 Å². The highest BCUT2D eigenvalue weighted by molar-refractivity contribution is 5.12. The zero-order valence-corrected chi connectivity index (χ0v) is 11.8. The second-order valence-corrected chi connectivity index (χ2v) is 6.60. The van der Waals surface area contributed by atoms with Crippen molar-refractivity contribution < 1.29 is 0 Å². The molecule has 3 fully saturated rings. The fourth-order valence-corrected chi connectivity index (χ4v) is 5.02. The van der Waals surface area contributed by atoms with Crippen LogP contribution in [0.3, 0.4) is 0 Å². The van der Waals surface area contributed by atoms with Gasteiger partial charge in [0.15, 0.2) is 0 Å². The van der Waals surface area contributed by atoms with Crippen molar-refractivity contribution in [3.05, 3.63) is 0 Å². The van der Waals surface area contributed by atoms with E-state index in [2.05, 4.69) is 27.7 Å². The van der Waals surface area contributed by atoms with Crippen molar-refractivity contribution in [1.29, 1.82) is 0 Å². The van der Waals surface area contributed by atoms with Gasteiger partial charge < -0.3 is 0 Å². The summed E-state index contributed by atoms with van der Waals surface area (Å²) in [6, 6.07) is 0. The molecule has 0 radical (unpaired) electrons. The first-order chi connectivity index (χ1) is 7.67. The first-order valence-corrected chi connectivity index (χ1v) is 7.67. The molecule has 3 saturated carbocycles. The molecule has 0 aliphatic heterocycles. The van der Waals surface area contributed by atoms with E-state index in [1.54, 1.807) is 6.42 Å². The van der Waals surface area contributed by atoms with Gasteiger partial charge in [0.1, 0.15) is 0 Å². The molecule has 5 unspecified atom stereocenters. The highest BCUT2D eigenvalue weighted by Gasteiger charge is 2.64. The summed E-state index contributed by atoms with van der Waals surface area (Å²) in [5.74, 6) is 4.21. The van der Waals surface area contributed by atoms with Crippen molar-refractivity contribution >= 4 is 0 Å². The second-order valence-electron chi connectivity index (χ2n) is 6.60. The number of rotatable bonds is 6. The van der Waals surface area contributed by atoms with E-state index in [1.165, 1.54) is 38.5 Å². The molecule has 0 heterocycles. The molecule has 0 N–H and O–H groups in total. The highest BCUT2D eigenvalue weighted by Crippen LogP contribution is 2.71. The quantitative estimate of drug-likeness (QED) is 0.574. The predicted molar refractivity (Wildman–Crippen MR) is 71.4 cm³/mol. The molecule has 0 nitrogen and oxygen atoms in total. The maximum atomic E-state index is 2.55. The fourth-order valence-electron chi connectivity index (χ4n) is 5.02. The lowest BCUT2D eigenvalue weighted by Gasteiger charge is -2.49. The van der Waals surface area contributed by atoms with Gasteiger partial charge in [0.25, 0.3) is 0 Å². The highest BCUT2D eigenvalue weighted by atomic mass is 14.7. The third-order valence-electron chi connectivity index (χ3n) is 6.08. The lowest BCUT2D eigenvalue weighted by atomic mass is 9.56. The second kappa shape index (κ2) is 4.70. The minimum atomic E-state index is 0.787. The maximum absolute atomic E-state index is 2.55. The van der Waals surface area contributed by atoms with Gasteiger partial charge in [0.2, 0.25) is 0 Å². The normalized spacial score (nSPS) is 45.8. The molecule has 2 bridgehead atoms. The summed E-state index contributed by atoms with van der Waals surface area (Å²) in [6.07, 6.45) is 10.3. The lowest BCUT2D eigenvalue weighted by molar-refractivity contribution is 0.00392. The largest absolute Gasteiger partial charge is 0.0654 e. The Labute approximate surface area is 102 Å². The smallest absolute Gasteiger partial charge is 0.0235 e. The predicted octanol–water partition coefficient (Wildman–Crippen LogP) is 5.28. The first-order valence-electron chi connectivity index (χ1n) is 7.67. The van der Waals surface area contributed by atoms with Crippen molar-refractivity contribution in [3.63, 3.8) is 0 Å². The van der Waals surface area contributed by atoms with Crippen LogP contribution in [0.4, 0.5) is 0 Å². The summed E-state index contributed by atoms with van der Waals surface area (Å²) in [5, 5.41) is 0. The summed E-state index contributed by atoms with van der Waals surface area (Å²) in [6.45, 7) is 9.78. The van der Waals surface area contributed by atoms with Gasteiger partial charge in [-0.15, -0.1) is 0 Å². The van der Waals surface area contributed by atoms with Crippen LogP contribution in [-0.2, 0) is 0 Å². The molecule has 5 atom stereocenters. The molecule has 0 aromatic rings. The molecular weight excluding hydrogens is 192 g/mol. The molecule has 0 heteroatoms. The van der Waals surface area contributed by atoms with Crippen LogP contribution in [0.1, 0.15) is 72.6 Å². The van der Waals surface area contributed by atoms with E-state index in [0.29, 0.717) is 0 Å². The topological polar surface area (TPSA) is 0 Å². The summed E-state index contributed by atoms with van der Waals surface area (Å²) in [5.41, 5.74) is 0.787. The van der Waals surface area contributed by atoms with E-state index in [-0.39, 0.29) is 0 Å². The van der Waals surface area contributed by atoms with Crippen LogP contribution >= 0.6 is 0 Å². The van der Waals surface area contributed by atoms with Gasteiger partial charge in [-0.25, -0.2) is 0 Å². The van der Waals surface area contributed by atoms with Crippen molar-refractivity contribution in [2.45, 2.75) is 72.6 Å². The number of unbranched alkanes of at least 4 members (excludes halogenated alkanes) is 2. The Morgan fingerprint density at radius 3 is 2.31 bits per heavy atom. The van der Waals surface area contributed by atoms with Gasteiger partial charge in [-0.05, 0) is 48.3 Å². The Morgan fingerprint density at radius 1 is 1.06 bits per heavy atom.